The summed E-state index contributed by atoms with van der Waals surface area (Å²) in [7, 11) is 0. The molecule has 0 bridgehead atoms. The fourth-order valence-electron chi connectivity index (χ4n) is 2.29. The molecular formula is C14H23N5O2. The monoisotopic (exact) mass is 293 g/mol. The van der Waals surface area contributed by atoms with Crippen LogP contribution < -0.4 is 10.2 Å². The number of hydrogen-bond donors (Lipinski definition) is 1. The highest BCUT2D eigenvalue weighted by Gasteiger charge is 2.35. The SMILES string of the molecule is CCNc1ncnc(N(CCC(C)C)C2CC2)c1[N+](=O)[O-]. The molecule has 0 amide bonds. The summed E-state index contributed by atoms with van der Waals surface area (Å²) in [4.78, 5) is 21.4. The Morgan fingerprint density at radius 3 is 2.71 bits per heavy atom. The first-order valence-corrected chi connectivity index (χ1v) is 7.54. The summed E-state index contributed by atoms with van der Waals surface area (Å²) in [5, 5.41) is 14.4. The van der Waals surface area contributed by atoms with Crippen LogP contribution in [0.3, 0.4) is 0 Å². The Balaban J connectivity index is 2.34. The van der Waals surface area contributed by atoms with Crippen LogP contribution in [0.5, 0.6) is 0 Å². The zero-order valence-corrected chi connectivity index (χ0v) is 12.9. The van der Waals surface area contributed by atoms with Crippen molar-refractivity contribution in [2.24, 2.45) is 5.92 Å². The van der Waals surface area contributed by atoms with Crippen LogP contribution in [0.25, 0.3) is 0 Å². The van der Waals surface area contributed by atoms with Gasteiger partial charge in [-0.15, -0.1) is 0 Å². The average molecular weight is 293 g/mol. The molecule has 1 N–H and O–H groups in total. The molecule has 1 aromatic heterocycles. The van der Waals surface area contributed by atoms with Gasteiger partial charge in [0.15, 0.2) is 0 Å². The molecule has 1 fully saturated rings. The van der Waals surface area contributed by atoms with Gasteiger partial charge in [0.2, 0.25) is 11.6 Å². The first-order chi connectivity index (χ1) is 10.0. The third kappa shape index (κ3) is 3.80. The highest BCUT2D eigenvalue weighted by molar-refractivity contribution is 5.70. The topological polar surface area (TPSA) is 84.2 Å². The third-order valence-corrected chi connectivity index (χ3v) is 3.54. The summed E-state index contributed by atoms with van der Waals surface area (Å²) >= 11 is 0. The number of nitrogens with zero attached hydrogens (tertiary/aromatic N) is 4. The number of rotatable bonds is 8. The van der Waals surface area contributed by atoms with Gasteiger partial charge in [0.25, 0.3) is 0 Å². The van der Waals surface area contributed by atoms with Gasteiger partial charge in [0.05, 0.1) is 4.92 Å². The van der Waals surface area contributed by atoms with E-state index in [0.717, 1.165) is 25.8 Å². The highest BCUT2D eigenvalue weighted by Crippen LogP contribution is 2.38. The number of nitrogens with one attached hydrogen (secondary N) is 1. The molecule has 1 aliphatic carbocycles. The van der Waals surface area contributed by atoms with E-state index in [0.29, 0.717) is 30.1 Å². The minimum atomic E-state index is -0.377. The number of hydrogen-bond acceptors (Lipinski definition) is 6. The zero-order chi connectivity index (χ0) is 15.4. The lowest BCUT2D eigenvalue weighted by Gasteiger charge is -2.24. The maximum absolute atomic E-state index is 11.5. The molecule has 7 heteroatoms. The van der Waals surface area contributed by atoms with E-state index in [1.54, 1.807) is 0 Å². The molecule has 7 nitrogen and oxygen atoms in total. The normalized spacial score (nSPS) is 14.3. The first-order valence-electron chi connectivity index (χ1n) is 7.54. The molecule has 0 radical (unpaired) electrons. The number of aromatic nitrogens is 2. The first kappa shape index (κ1) is 15.5. The molecule has 0 aromatic carbocycles. The van der Waals surface area contributed by atoms with E-state index in [-0.39, 0.29) is 10.6 Å². The van der Waals surface area contributed by atoms with Crippen molar-refractivity contribution in [3.8, 4) is 0 Å². The van der Waals surface area contributed by atoms with Crippen LogP contribution in [0, 0.1) is 16.0 Å². The van der Waals surface area contributed by atoms with Gasteiger partial charge in [-0.3, -0.25) is 10.1 Å². The summed E-state index contributed by atoms with van der Waals surface area (Å²) in [5.74, 6) is 1.32. The van der Waals surface area contributed by atoms with Crippen molar-refractivity contribution in [3.63, 3.8) is 0 Å². The van der Waals surface area contributed by atoms with Crippen LogP contribution in [-0.2, 0) is 0 Å². The van der Waals surface area contributed by atoms with Gasteiger partial charge in [-0.1, -0.05) is 13.8 Å². The lowest BCUT2D eigenvalue weighted by Crippen LogP contribution is -2.29. The van der Waals surface area contributed by atoms with Crippen molar-refractivity contribution < 1.29 is 4.92 Å². The Hall–Kier alpha value is -1.92. The highest BCUT2D eigenvalue weighted by atomic mass is 16.6. The smallest absolute Gasteiger partial charge is 0.353 e. The van der Waals surface area contributed by atoms with Crippen LogP contribution in [0.1, 0.15) is 40.0 Å². The van der Waals surface area contributed by atoms with Gasteiger partial charge in [-0.05, 0) is 32.1 Å². The Morgan fingerprint density at radius 2 is 2.19 bits per heavy atom. The van der Waals surface area contributed by atoms with E-state index in [1.807, 2.05) is 6.92 Å². The van der Waals surface area contributed by atoms with Gasteiger partial charge in [0, 0.05) is 19.1 Å². The Labute approximate surface area is 124 Å². The lowest BCUT2D eigenvalue weighted by molar-refractivity contribution is -0.383. The summed E-state index contributed by atoms with van der Waals surface area (Å²) in [6.45, 7) is 7.59. The van der Waals surface area contributed by atoms with E-state index in [2.05, 4.69) is 34.0 Å². The van der Waals surface area contributed by atoms with Gasteiger partial charge >= 0.3 is 5.69 Å². The van der Waals surface area contributed by atoms with Crippen molar-refractivity contribution in [1.82, 2.24) is 9.97 Å². The average Bonchev–Trinajstić information content (AvgIpc) is 3.23. The van der Waals surface area contributed by atoms with Crippen molar-refractivity contribution in [3.05, 3.63) is 16.4 Å². The molecule has 0 saturated heterocycles. The molecule has 116 valence electrons. The van der Waals surface area contributed by atoms with E-state index < -0.39 is 0 Å². The van der Waals surface area contributed by atoms with E-state index >= 15 is 0 Å². The number of anilines is 2. The second-order valence-electron chi connectivity index (χ2n) is 5.79. The molecule has 1 heterocycles. The van der Waals surface area contributed by atoms with E-state index in [1.165, 1.54) is 6.33 Å². The molecule has 2 rings (SSSR count). The predicted molar refractivity (Wildman–Crippen MR) is 82.7 cm³/mol. The lowest BCUT2D eigenvalue weighted by atomic mass is 10.1. The molecule has 1 saturated carbocycles. The van der Waals surface area contributed by atoms with Crippen LogP contribution in [0.15, 0.2) is 6.33 Å². The third-order valence-electron chi connectivity index (χ3n) is 3.54. The molecular weight excluding hydrogens is 270 g/mol. The largest absolute Gasteiger partial charge is 0.364 e. The molecule has 0 aliphatic heterocycles. The standard InChI is InChI=1S/C14H23N5O2/c1-4-15-13-12(19(20)21)14(17-9-16-13)18(11-5-6-11)8-7-10(2)3/h9-11H,4-8H2,1-3H3,(H,15,16,17). The van der Waals surface area contributed by atoms with E-state index in [4.69, 9.17) is 0 Å². The fourth-order valence-corrected chi connectivity index (χ4v) is 2.29. The Kier molecular flexibility index (Phi) is 4.93. The summed E-state index contributed by atoms with van der Waals surface area (Å²) in [6.07, 6.45) is 4.56. The van der Waals surface area contributed by atoms with Crippen LogP contribution in [0.4, 0.5) is 17.3 Å². The predicted octanol–water partition coefficient (Wildman–Crippen LogP) is 2.83. The molecule has 1 aromatic rings. The van der Waals surface area contributed by atoms with Gasteiger partial charge in [-0.25, -0.2) is 9.97 Å². The minimum Gasteiger partial charge on any atom is -0.364 e. The van der Waals surface area contributed by atoms with Crippen molar-refractivity contribution in [1.29, 1.82) is 0 Å². The second-order valence-corrected chi connectivity index (χ2v) is 5.79. The van der Waals surface area contributed by atoms with Crippen LogP contribution in [0.2, 0.25) is 0 Å². The van der Waals surface area contributed by atoms with Crippen molar-refractivity contribution >= 4 is 17.3 Å². The second kappa shape index (κ2) is 6.69. The van der Waals surface area contributed by atoms with Gasteiger partial charge in [-0.2, -0.15) is 0 Å². The van der Waals surface area contributed by atoms with Gasteiger partial charge in [0.1, 0.15) is 6.33 Å². The Bertz CT molecular complexity index is 502. The quantitative estimate of drug-likeness (QED) is 0.586. The number of nitro groups is 1. The summed E-state index contributed by atoms with van der Waals surface area (Å²) < 4.78 is 0. The van der Waals surface area contributed by atoms with Crippen LogP contribution >= 0.6 is 0 Å². The zero-order valence-electron chi connectivity index (χ0n) is 12.9. The minimum absolute atomic E-state index is 0.00462. The maximum atomic E-state index is 11.5. The maximum Gasteiger partial charge on any atom is 0.353 e. The summed E-state index contributed by atoms with van der Waals surface area (Å²) in [5.41, 5.74) is -0.00462. The Morgan fingerprint density at radius 1 is 1.48 bits per heavy atom. The van der Waals surface area contributed by atoms with Gasteiger partial charge < -0.3 is 10.2 Å². The van der Waals surface area contributed by atoms with Crippen LogP contribution in [-0.4, -0.2) is 34.0 Å². The molecule has 21 heavy (non-hydrogen) atoms. The molecule has 0 atom stereocenters. The van der Waals surface area contributed by atoms with E-state index in [9.17, 15) is 10.1 Å². The molecule has 0 unspecified atom stereocenters. The molecule has 0 spiro atoms. The van der Waals surface area contributed by atoms with Crippen molar-refractivity contribution in [2.45, 2.75) is 46.1 Å². The molecule has 1 aliphatic rings. The summed E-state index contributed by atoms with van der Waals surface area (Å²) in [6, 6.07) is 0.381. The van der Waals surface area contributed by atoms with Crippen molar-refractivity contribution in [2.75, 3.05) is 23.3 Å². The fraction of sp³-hybridized carbons (Fsp3) is 0.714.